The predicted octanol–water partition coefficient (Wildman–Crippen LogP) is 5.65. The van der Waals surface area contributed by atoms with Crippen molar-refractivity contribution in [1.29, 1.82) is 0 Å². The van der Waals surface area contributed by atoms with E-state index in [0.29, 0.717) is 0 Å². The number of rotatable bonds is 7. The van der Waals surface area contributed by atoms with E-state index in [1.54, 1.807) is 0 Å². The number of halogens is 6. The van der Waals surface area contributed by atoms with Gasteiger partial charge in [-0.3, -0.25) is 0 Å². The number of nitrogens with zero attached hydrogens (tertiary/aromatic N) is 5. The summed E-state index contributed by atoms with van der Waals surface area (Å²) < 4.78 is 65.4. The van der Waals surface area contributed by atoms with Crippen molar-refractivity contribution in [1.82, 2.24) is 19.6 Å². The van der Waals surface area contributed by atoms with E-state index < -0.39 is 7.81 Å². The van der Waals surface area contributed by atoms with Gasteiger partial charge < -0.3 is 0 Å². The van der Waals surface area contributed by atoms with Crippen molar-refractivity contribution in [3.05, 3.63) is 66.5 Å². The van der Waals surface area contributed by atoms with Crippen LogP contribution in [0.2, 0.25) is 0 Å². The van der Waals surface area contributed by atoms with Crippen LogP contribution in [0.3, 0.4) is 0 Å². The number of hydrogen-bond acceptors (Lipinski definition) is 2. The van der Waals surface area contributed by atoms with E-state index in [4.69, 9.17) is 0 Å². The van der Waals surface area contributed by atoms with Gasteiger partial charge in [0.1, 0.15) is 24.6 Å². The fourth-order valence-corrected chi connectivity index (χ4v) is 2.45. The monoisotopic (exact) mass is 441 g/mol. The van der Waals surface area contributed by atoms with Crippen LogP contribution in [-0.2, 0) is 19.6 Å². The maximum atomic E-state index is 9.87. The van der Waals surface area contributed by atoms with Crippen LogP contribution < -0.4 is 4.57 Å². The second-order valence-electron chi connectivity index (χ2n) is 6.53. The van der Waals surface area contributed by atoms with E-state index in [-0.39, 0.29) is 0 Å². The van der Waals surface area contributed by atoms with Crippen LogP contribution in [0, 0.1) is 0 Å². The fraction of sp³-hybridized carbons (Fsp3) is 0.353. The molecule has 0 amide bonds. The molecule has 2 heterocycles. The molecule has 2 aromatic heterocycles. The number of hydrogen-bond donors (Lipinski definition) is 0. The molecule has 0 saturated heterocycles. The molecule has 0 saturated carbocycles. The minimum absolute atomic E-state index is 0.758. The average Bonchev–Trinajstić information content (AvgIpc) is 3.21. The van der Waals surface area contributed by atoms with Crippen molar-refractivity contribution in [2.24, 2.45) is 0 Å². The van der Waals surface area contributed by atoms with Gasteiger partial charge in [-0.1, -0.05) is 48.9 Å². The summed E-state index contributed by atoms with van der Waals surface area (Å²) in [6.07, 6.45) is 10.8. The zero-order chi connectivity index (χ0) is 21.6. The van der Waals surface area contributed by atoms with Gasteiger partial charge in [-0.15, -0.1) is 5.10 Å². The van der Waals surface area contributed by atoms with Gasteiger partial charge in [-0.05, 0) is 12.0 Å². The molecule has 162 valence electrons. The Bertz CT molecular complexity index is 894. The van der Waals surface area contributed by atoms with Gasteiger partial charge in [0, 0.05) is 0 Å². The summed E-state index contributed by atoms with van der Waals surface area (Å²) in [5.74, 6) is 0. The van der Waals surface area contributed by atoms with Crippen LogP contribution in [0.4, 0.5) is 25.2 Å². The van der Waals surface area contributed by atoms with Crippen LogP contribution in [0.5, 0.6) is 0 Å². The molecule has 0 fully saturated rings. The standard InChI is InChI=1S/C17H22N5.F6P/c1-2-3-9-20-10-11-21(15-20)13-17-14-22(19-18-17)12-16-7-5-4-6-8-16;1-7(2,3,4,5)6/h4-8,10-11,14-15H,2-3,9,12-13H2,1H3;/q+1;-1. The van der Waals surface area contributed by atoms with Gasteiger partial charge in [-0.25, -0.2) is 13.8 Å². The van der Waals surface area contributed by atoms with Crippen molar-refractivity contribution in [3.8, 4) is 0 Å². The van der Waals surface area contributed by atoms with E-state index in [2.05, 4.69) is 57.2 Å². The Labute approximate surface area is 163 Å². The molecule has 3 rings (SSSR count). The van der Waals surface area contributed by atoms with Crippen molar-refractivity contribution < 1.29 is 29.7 Å². The molecule has 0 unspecified atom stereocenters. The van der Waals surface area contributed by atoms with E-state index >= 15 is 0 Å². The Balaban J connectivity index is 0.000000370. The number of unbranched alkanes of at least 4 members (excludes halogenated alkanes) is 1. The van der Waals surface area contributed by atoms with Gasteiger partial charge in [-0.2, -0.15) is 0 Å². The van der Waals surface area contributed by atoms with Crippen LogP contribution in [0.1, 0.15) is 31.0 Å². The molecule has 12 heteroatoms. The summed E-state index contributed by atoms with van der Waals surface area (Å²) in [7, 11) is -10.7. The van der Waals surface area contributed by atoms with Gasteiger partial charge in [0.25, 0.3) is 0 Å². The van der Waals surface area contributed by atoms with Crippen LogP contribution in [0.25, 0.3) is 0 Å². The minimum atomic E-state index is -10.7. The molecule has 0 radical (unpaired) electrons. The first-order valence-corrected chi connectivity index (χ1v) is 10.9. The van der Waals surface area contributed by atoms with Crippen LogP contribution in [-0.4, -0.2) is 19.6 Å². The zero-order valence-corrected chi connectivity index (χ0v) is 16.6. The van der Waals surface area contributed by atoms with Gasteiger partial charge >= 0.3 is 33.0 Å². The summed E-state index contributed by atoms with van der Waals surface area (Å²) in [5.41, 5.74) is 2.21. The molecule has 0 spiro atoms. The third-order valence-corrected chi connectivity index (χ3v) is 3.63. The average molecular weight is 441 g/mol. The number of aryl methyl sites for hydroxylation is 1. The molecule has 1 aromatic carbocycles. The molecule has 0 atom stereocenters. The van der Waals surface area contributed by atoms with Crippen molar-refractivity contribution >= 4 is 7.81 Å². The van der Waals surface area contributed by atoms with Crippen LogP contribution >= 0.6 is 7.81 Å². The fourth-order valence-electron chi connectivity index (χ4n) is 2.45. The Morgan fingerprint density at radius 2 is 1.69 bits per heavy atom. The Morgan fingerprint density at radius 3 is 2.31 bits per heavy atom. The summed E-state index contributed by atoms with van der Waals surface area (Å²) in [6.45, 7) is 4.80. The van der Waals surface area contributed by atoms with Gasteiger partial charge in [0.05, 0.1) is 19.3 Å². The second-order valence-corrected chi connectivity index (χ2v) is 8.45. The summed E-state index contributed by atoms with van der Waals surface area (Å²) in [4.78, 5) is 0. The molecule has 3 aromatic rings. The first-order valence-electron chi connectivity index (χ1n) is 8.82. The molecular formula is C17H22F6N5P. The topological polar surface area (TPSA) is 39.5 Å². The molecule has 0 bridgehead atoms. The summed E-state index contributed by atoms with van der Waals surface area (Å²) in [6, 6.07) is 10.3. The van der Waals surface area contributed by atoms with Crippen molar-refractivity contribution in [3.63, 3.8) is 0 Å². The molecular weight excluding hydrogens is 419 g/mol. The quantitative estimate of drug-likeness (QED) is 0.270. The Hall–Kier alpha value is -2.42. The summed E-state index contributed by atoms with van der Waals surface area (Å²) in [5, 5.41) is 8.47. The van der Waals surface area contributed by atoms with E-state index in [1.165, 1.54) is 18.4 Å². The van der Waals surface area contributed by atoms with E-state index in [9.17, 15) is 25.2 Å². The maximum absolute atomic E-state index is 10.7. The van der Waals surface area contributed by atoms with Crippen molar-refractivity contribution in [2.75, 3.05) is 0 Å². The summed E-state index contributed by atoms with van der Waals surface area (Å²) >= 11 is 0. The Kier molecular flexibility index (Phi) is 6.42. The second kappa shape index (κ2) is 8.14. The molecule has 5 nitrogen and oxygen atoms in total. The first-order chi connectivity index (χ1) is 13.3. The van der Waals surface area contributed by atoms with E-state index in [0.717, 1.165) is 25.3 Å². The third-order valence-electron chi connectivity index (χ3n) is 3.63. The van der Waals surface area contributed by atoms with Gasteiger partial charge in [0.15, 0.2) is 0 Å². The SMILES string of the molecule is CCCCn1cc[n+](Cc2cn(Cc3ccccc3)nn2)c1.F[P-](F)(F)(F)(F)F. The third kappa shape index (κ3) is 11.2. The number of benzene rings is 1. The zero-order valence-electron chi connectivity index (χ0n) is 15.7. The van der Waals surface area contributed by atoms with Crippen LogP contribution in [0.15, 0.2) is 55.2 Å². The predicted molar refractivity (Wildman–Crippen MR) is 97.8 cm³/mol. The van der Waals surface area contributed by atoms with Gasteiger partial charge in [0.2, 0.25) is 6.33 Å². The molecule has 0 aliphatic carbocycles. The Morgan fingerprint density at radius 1 is 1.03 bits per heavy atom. The first kappa shape index (κ1) is 22.9. The molecule has 0 aliphatic heterocycles. The molecule has 0 aliphatic rings. The molecule has 0 N–H and O–H groups in total. The normalized spacial score (nSPS) is 13.9. The van der Waals surface area contributed by atoms with Crippen molar-refractivity contribution in [2.45, 2.75) is 39.4 Å². The number of imidazole rings is 1. The van der Waals surface area contributed by atoms with E-state index in [1.807, 2.05) is 29.1 Å². The molecule has 29 heavy (non-hydrogen) atoms. The number of aromatic nitrogens is 5.